The van der Waals surface area contributed by atoms with Crippen LogP contribution in [0.5, 0.6) is 5.75 Å². The molecule has 34 heavy (non-hydrogen) atoms. The number of morpholine rings is 1. The number of piperazine rings is 1. The van der Waals surface area contributed by atoms with E-state index in [1.54, 1.807) is 0 Å². The van der Waals surface area contributed by atoms with Crippen molar-refractivity contribution < 1.29 is 14.3 Å². The van der Waals surface area contributed by atoms with Crippen LogP contribution in [-0.2, 0) is 4.74 Å². The summed E-state index contributed by atoms with van der Waals surface area (Å²) in [5.74, 6) is 1.64. The molecule has 8 heteroatoms. The summed E-state index contributed by atoms with van der Waals surface area (Å²) in [6.07, 6.45) is 0. The maximum absolute atomic E-state index is 13.4. The summed E-state index contributed by atoms with van der Waals surface area (Å²) < 4.78 is 11.3. The Morgan fingerprint density at radius 3 is 2.50 bits per heavy atom. The van der Waals surface area contributed by atoms with Crippen molar-refractivity contribution in [3.05, 3.63) is 65.2 Å². The van der Waals surface area contributed by atoms with E-state index in [1.165, 1.54) is 0 Å². The summed E-state index contributed by atoms with van der Waals surface area (Å²) in [7, 11) is 0. The number of halogens is 1. The highest BCUT2D eigenvalue weighted by atomic mass is 35.5. The third-order valence-electron chi connectivity index (χ3n) is 6.43. The monoisotopic (exact) mass is 480 g/mol. The minimum absolute atomic E-state index is 0.0542. The third-order valence-corrected chi connectivity index (χ3v) is 6.74. The number of benzene rings is 2. The Morgan fingerprint density at radius 2 is 1.71 bits per heavy atom. The van der Waals surface area contributed by atoms with Gasteiger partial charge in [0.2, 0.25) is 0 Å². The lowest BCUT2D eigenvalue weighted by atomic mass is 10.1. The van der Waals surface area contributed by atoms with E-state index in [-0.39, 0.29) is 5.91 Å². The summed E-state index contributed by atoms with van der Waals surface area (Å²) in [6.45, 7) is 7.37. The molecule has 0 spiro atoms. The number of hydrogen-bond acceptors (Lipinski definition) is 6. The van der Waals surface area contributed by atoms with Crippen molar-refractivity contribution in [2.45, 2.75) is 0 Å². The van der Waals surface area contributed by atoms with Crippen LogP contribution in [0.15, 0.2) is 54.6 Å². The number of fused-ring (bicyclic) bond motifs is 1. The van der Waals surface area contributed by atoms with Crippen LogP contribution < -0.4 is 9.64 Å². The molecule has 2 aromatic carbocycles. The summed E-state index contributed by atoms with van der Waals surface area (Å²) in [6, 6.07) is 17.4. The van der Waals surface area contributed by atoms with Crippen LogP contribution in [0.1, 0.15) is 10.4 Å². The lowest BCUT2D eigenvalue weighted by molar-refractivity contribution is 0.0304. The largest absolute Gasteiger partial charge is 0.491 e. The Morgan fingerprint density at radius 1 is 0.971 bits per heavy atom. The zero-order valence-corrected chi connectivity index (χ0v) is 19.9. The predicted molar refractivity (Wildman–Crippen MR) is 134 cm³/mol. The van der Waals surface area contributed by atoms with Crippen LogP contribution in [0.2, 0.25) is 5.02 Å². The van der Waals surface area contributed by atoms with Crippen molar-refractivity contribution in [2.24, 2.45) is 0 Å². The lowest BCUT2D eigenvalue weighted by Gasteiger charge is -2.35. The second-order valence-electron chi connectivity index (χ2n) is 8.56. The van der Waals surface area contributed by atoms with Gasteiger partial charge in [0.05, 0.1) is 29.3 Å². The highest BCUT2D eigenvalue weighted by Crippen LogP contribution is 2.26. The number of hydrogen-bond donors (Lipinski definition) is 0. The molecule has 2 fully saturated rings. The van der Waals surface area contributed by atoms with Crippen LogP contribution in [-0.4, -0.2) is 86.3 Å². The van der Waals surface area contributed by atoms with Gasteiger partial charge in [0.1, 0.15) is 18.2 Å². The van der Waals surface area contributed by atoms with Gasteiger partial charge in [-0.2, -0.15) is 0 Å². The molecule has 0 radical (unpaired) electrons. The van der Waals surface area contributed by atoms with E-state index in [9.17, 15) is 4.79 Å². The molecule has 2 saturated heterocycles. The van der Waals surface area contributed by atoms with Crippen molar-refractivity contribution >= 4 is 34.2 Å². The second-order valence-corrected chi connectivity index (χ2v) is 8.96. The molecule has 1 amide bonds. The van der Waals surface area contributed by atoms with Crippen LogP contribution in [0.25, 0.3) is 10.9 Å². The number of carbonyl (C=O) groups excluding carboxylic acids is 1. The van der Waals surface area contributed by atoms with E-state index >= 15 is 0 Å². The van der Waals surface area contributed by atoms with E-state index in [0.717, 1.165) is 60.8 Å². The standard InChI is InChI=1S/C26H29ClN4O3/c27-22-6-2-4-8-24(22)34-18-13-29-9-11-30(12-10-29)25-19-21(20-5-1-3-7-23(20)28-25)26(32)31-14-16-33-17-15-31/h1-8,19H,9-18H2. The van der Waals surface area contributed by atoms with E-state index in [1.807, 2.05) is 59.5 Å². The Balaban J connectivity index is 1.25. The van der Waals surface area contributed by atoms with E-state index in [4.69, 9.17) is 26.1 Å². The molecule has 0 unspecified atom stereocenters. The van der Waals surface area contributed by atoms with Gasteiger partial charge in [-0.15, -0.1) is 0 Å². The molecule has 0 atom stereocenters. The Hall–Kier alpha value is -2.87. The van der Waals surface area contributed by atoms with Gasteiger partial charge < -0.3 is 19.3 Å². The topological polar surface area (TPSA) is 58.1 Å². The molecule has 1 aromatic heterocycles. The molecule has 0 N–H and O–H groups in total. The number of rotatable bonds is 6. The fourth-order valence-corrected chi connectivity index (χ4v) is 4.67. The fraction of sp³-hybridized carbons (Fsp3) is 0.385. The quantitative estimate of drug-likeness (QED) is 0.537. The average Bonchev–Trinajstić information content (AvgIpc) is 2.89. The fourth-order valence-electron chi connectivity index (χ4n) is 4.48. The molecule has 7 nitrogen and oxygen atoms in total. The molecule has 5 rings (SSSR count). The number of amides is 1. The highest BCUT2D eigenvalue weighted by Gasteiger charge is 2.24. The first-order valence-corrected chi connectivity index (χ1v) is 12.2. The van der Waals surface area contributed by atoms with Gasteiger partial charge in [-0.05, 0) is 24.3 Å². The van der Waals surface area contributed by atoms with Crippen molar-refractivity contribution in [1.29, 1.82) is 0 Å². The van der Waals surface area contributed by atoms with E-state index in [2.05, 4.69) is 9.80 Å². The van der Waals surface area contributed by atoms with Crippen LogP contribution >= 0.6 is 11.6 Å². The predicted octanol–water partition coefficient (Wildman–Crippen LogP) is 3.56. The molecular formula is C26H29ClN4O3. The Kier molecular flexibility index (Phi) is 7.13. The number of para-hydroxylation sites is 2. The molecule has 3 aromatic rings. The number of pyridine rings is 1. The molecule has 2 aliphatic rings. The molecule has 3 heterocycles. The van der Waals surface area contributed by atoms with E-state index < -0.39 is 0 Å². The number of aromatic nitrogens is 1. The Bertz CT molecular complexity index is 1140. The second kappa shape index (κ2) is 10.6. The van der Waals surface area contributed by atoms with Gasteiger partial charge in [0, 0.05) is 51.2 Å². The summed E-state index contributed by atoms with van der Waals surface area (Å²) in [5.41, 5.74) is 1.57. The number of nitrogens with zero attached hydrogens (tertiary/aromatic N) is 4. The smallest absolute Gasteiger partial charge is 0.254 e. The number of ether oxygens (including phenoxy) is 2. The molecule has 0 saturated carbocycles. The van der Waals surface area contributed by atoms with Gasteiger partial charge >= 0.3 is 0 Å². The number of anilines is 1. The van der Waals surface area contributed by atoms with Gasteiger partial charge in [-0.1, -0.05) is 41.9 Å². The number of carbonyl (C=O) groups is 1. The van der Waals surface area contributed by atoms with Gasteiger partial charge in [0.15, 0.2) is 0 Å². The van der Waals surface area contributed by atoms with Gasteiger partial charge in [0.25, 0.3) is 5.91 Å². The molecule has 0 aliphatic carbocycles. The van der Waals surface area contributed by atoms with E-state index in [0.29, 0.717) is 37.9 Å². The first-order chi connectivity index (χ1) is 16.7. The third kappa shape index (κ3) is 5.12. The van der Waals surface area contributed by atoms with Crippen LogP contribution in [0, 0.1) is 0 Å². The normalized spacial score (nSPS) is 17.2. The lowest BCUT2D eigenvalue weighted by Crippen LogP contribution is -2.48. The average molecular weight is 481 g/mol. The summed E-state index contributed by atoms with van der Waals surface area (Å²) in [5, 5.41) is 1.54. The highest BCUT2D eigenvalue weighted by molar-refractivity contribution is 6.32. The Labute approximate surface area is 204 Å². The van der Waals surface area contributed by atoms with Gasteiger partial charge in [-0.25, -0.2) is 4.98 Å². The zero-order valence-electron chi connectivity index (χ0n) is 19.2. The molecule has 178 valence electrons. The minimum Gasteiger partial charge on any atom is -0.491 e. The van der Waals surface area contributed by atoms with Crippen molar-refractivity contribution in [2.75, 3.05) is 70.5 Å². The van der Waals surface area contributed by atoms with Gasteiger partial charge in [-0.3, -0.25) is 9.69 Å². The van der Waals surface area contributed by atoms with Crippen LogP contribution in [0.4, 0.5) is 5.82 Å². The molecule has 0 bridgehead atoms. The maximum atomic E-state index is 13.4. The van der Waals surface area contributed by atoms with Crippen molar-refractivity contribution in [3.63, 3.8) is 0 Å². The summed E-state index contributed by atoms with van der Waals surface area (Å²) >= 11 is 6.17. The first-order valence-electron chi connectivity index (χ1n) is 11.8. The minimum atomic E-state index is 0.0542. The van der Waals surface area contributed by atoms with Crippen molar-refractivity contribution in [3.8, 4) is 5.75 Å². The summed E-state index contributed by atoms with van der Waals surface area (Å²) in [4.78, 5) is 24.8. The van der Waals surface area contributed by atoms with Crippen molar-refractivity contribution in [1.82, 2.24) is 14.8 Å². The molecular weight excluding hydrogens is 452 g/mol. The first kappa shape index (κ1) is 22.9. The zero-order chi connectivity index (χ0) is 23.3. The van der Waals surface area contributed by atoms with Crippen LogP contribution in [0.3, 0.4) is 0 Å². The maximum Gasteiger partial charge on any atom is 0.254 e. The SMILES string of the molecule is O=C(c1cc(N2CCN(CCOc3ccccc3Cl)CC2)nc2ccccc12)N1CCOCC1. The molecule has 2 aliphatic heterocycles.